The van der Waals surface area contributed by atoms with E-state index in [4.69, 9.17) is 10.4 Å². The van der Waals surface area contributed by atoms with Crippen LogP contribution in [-0.2, 0) is 4.79 Å². The van der Waals surface area contributed by atoms with Gasteiger partial charge in [-0.2, -0.15) is 5.26 Å². The Morgan fingerprint density at radius 1 is 1.41 bits per heavy atom. The zero-order valence-electron chi connectivity index (χ0n) is 15.5. The van der Waals surface area contributed by atoms with Gasteiger partial charge in [0.05, 0.1) is 18.2 Å². The SMILES string of the molecule is CC1(NCC(=O)N2CCC[C@H]2C#N)CCN(c2cc(C(=O)O)ccn2)CC1. The van der Waals surface area contributed by atoms with E-state index in [-0.39, 0.29) is 29.6 Å². The van der Waals surface area contributed by atoms with Crippen LogP contribution in [0.15, 0.2) is 18.3 Å². The molecule has 0 aliphatic carbocycles. The van der Waals surface area contributed by atoms with Gasteiger partial charge in [0.1, 0.15) is 11.9 Å². The van der Waals surface area contributed by atoms with Crippen molar-refractivity contribution in [1.82, 2.24) is 15.2 Å². The second-order valence-electron chi connectivity index (χ2n) is 7.48. The second-order valence-corrected chi connectivity index (χ2v) is 7.48. The number of aromatic nitrogens is 1. The van der Waals surface area contributed by atoms with E-state index in [1.165, 1.54) is 12.3 Å². The van der Waals surface area contributed by atoms with Gasteiger partial charge >= 0.3 is 5.97 Å². The molecular weight excluding hydrogens is 346 g/mol. The van der Waals surface area contributed by atoms with E-state index in [0.29, 0.717) is 12.4 Å². The highest BCUT2D eigenvalue weighted by molar-refractivity contribution is 5.88. The molecule has 0 saturated carbocycles. The van der Waals surface area contributed by atoms with E-state index >= 15 is 0 Å². The average molecular weight is 371 g/mol. The summed E-state index contributed by atoms with van der Waals surface area (Å²) in [6.07, 6.45) is 4.81. The number of hydrogen-bond donors (Lipinski definition) is 2. The van der Waals surface area contributed by atoms with Gasteiger partial charge in [0.25, 0.3) is 0 Å². The average Bonchev–Trinajstić information content (AvgIpc) is 3.16. The van der Waals surface area contributed by atoms with Crippen molar-refractivity contribution in [3.8, 4) is 6.07 Å². The highest BCUT2D eigenvalue weighted by Crippen LogP contribution is 2.25. The smallest absolute Gasteiger partial charge is 0.335 e. The molecule has 0 spiro atoms. The fraction of sp³-hybridized carbons (Fsp3) is 0.579. The summed E-state index contributed by atoms with van der Waals surface area (Å²) in [4.78, 5) is 31.6. The molecule has 2 aliphatic rings. The molecule has 2 saturated heterocycles. The monoisotopic (exact) mass is 371 g/mol. The molecule has 27 heavy (non-hydrogen) atoms. The molecule has 3 heterocycles. The summed E-state index contributed by atoms with van der Waals surface area (Å²) < 4.78 is 0. The number of nitrogens with zero attached hydrogens (tertiary/aromatic N) is 4. The molecule has 8 nitrogen and oxygen atoms in total. The van der Waals surface area contributed by atoms with Crippen LogP contribution in [0.2, 0.25) is 0 Å². The molecule has 144 valence electrons. The normalized spacial score (nSPS) is 21.7. The topological polar surface area (TPSA) is 110 Å². The molecule has 0 bridgehead atoms. The van der Waals surface area contributed by atoms with Crippen molar-refractivity contribution in [3.05, 3.63) is 23.9 Å². The molecule has 3 rings (SSSR count). The van der Waals surface area contributed by atoms with Crippen molar-refractivity contribution >= 4 is 17.7 Å². The lowest BCUT2D eigenvalue weighted by Crippen LogP contribution is -2.54. The first-order chi connectivity index (χ1) is 12.9. The van der Waals surface area contributed by atoms with Crippen LogP contribution < -0.4 is 10.2 Å². The lowest BCUT2D eigenvalue weighted by Gasteiger charge is -2.40. The lowest BCUT2D eigenvalue weighted by atomic mass is 9.89. The number of carboxylic acid groups (broad SMARTS) is 1. The van der Waals surface area contributed by atoms with Gasteiger partial charge < -0.3 is 20.2 Å². The van der Waals surface area contributed by atoms with Gasteiger partial charge in [0.2, 0.25) is 5.91 Å². The van der Waals surface area contributed by atoms with Crippen LogP contribution in [-0.4, -0.2) is 64.6 Å². The number of likely N-dealkylation sites (tertiary alicyclic amines) is 1. The third-order valence-corrected chi connectivity index (χ3v) is 5.57. The maximum Gasteiger partial charge on any atom is 0.335 e. The molecule has 1 amide bonds. The number of hydrogen-bond acceptors (Lipinski definition) is 6. The summed E-state index contributed by atoms with van der Waals surface area (Å²) in [7, 11) is 0. The standard InChI is InChI=1S/C19H25N5O3/c1-19(22-13-17(25)24-8-2-3-15(24)12-20)5-9-23(10-6-19)16-11-14(18(26)27)4-7-21-16/h4,7,11,15,22H,2-3,5-6,8-10,13H2,1H3,(H,26,27)/t15-/m0/s1. The first kappa shape index (κ1) is 19.1. The third-order valence-electron chi connectivity index (χ3n) is 5.57. The maximum atomic E-state index is 12.4. The molecule has 2 aliphatic heterocycles. The number of aromatic carboxylic acids is 1. The van der Waals surface area contributed by atoms with Crippen LogP contribution in [0.5, 0.6) is 0 Å². The molecule has 0 radical (unpaired) electrons. The fourth-order valence-electron chi connectivity index (χ4n) is 3.72. The number of rotatable bonds is 5. The number of carbonyl (C=O) groups is 2. The Balaban J connectivity index is 1.53. The minimum absolute atomic E-state index is 0.0152. The van der Waals surface area contributed by atoms with Crippen molar-refractivity contribution in [2.45, 2.75) is 44.2 Å². The van der Waals surface area contributed by atoms with Crippen molar-refractivity contribution in [3.63, 3.8) is 0 Å². The Kier molecular flexibility index (Phi) is 5.61. The molecule has 8 heteroatoms. The zero-order chi connectivity index (χ0) is 19.4. The van der Waals surface area contributed by atoms with Gasteiger partial charge in [-0.25, -0.2) is 9.78 Å². The number of carbonyl (C=O) groups excluding carboxylic acids is 1. The summed E-state index contributed by atoms with van der Waals surface area (Å²) in [5.74, 6) is -0.307. The van der Waals surface area contributed by atoms with E-state index in [9.17, 15) is 9.59 Å². The van der Waals surface area contributed by atoms with Crippen LogP contribution in [0.4, 0.5) is 5.82 Å². The van der Waals surface area contributed by atoms with Crippen LogP contribution in [0.25, 0.3) is 0 Å². The van der Waals surface area contributed by atoms with E-state index in [1.807, 2.05) is 0 Å². The molecule has 0 unspecified atom stereocenters. The zero-order valence-corrected chi connectivity index (χ0v) is 15.5. The first-order valence-corrected chi connectivity index (χ1v) is 9.30. The predicted octanol–water partition coefficient (Wildman–Crippen LogP) is 1.24. The minimum atomic E-state index is -0.960. The summed E-state index contributed by atoms with van der Waals surface area (Å²) in [6.45, 7) is 4.47. The highest BCUT2D eigenvalue weighted by atomic mass is 16.4. The molecule has 1 aromatic heterocycles. The quantitative estimate of drug-likeness (QED) is 0.801. The van der Waals surface area contributed by atoms with E-state index in [2.05, 4.69) is 28.2 Å². The van der Waals surface area contributed by atoms with Crippen LogP contribution in [0.3, 0.4) is 0 Å². The summed E-state index contributed by atoms with van der Waals surface area (Å²) in [5, 5.41) is 21.6. The first-order valence-electron chi connectivity index (χ1n) is 9.30. The fourth-order valence-corrected chi connectivity index (χ4v) is 3.72. The Hall–Kier alpha value is -2.66. The summed E-state index contributed by atoms with van der Waals surface area (Å²) >= 11 is 0. The third kappa shape index (κ3) is 4.37. The molecule has 2 N–H and O–H groups in total. The van der Waals surface area contributed by atoms with Gasteiger partial charge in [-0.15, -0.1) is 0 Å². The van der Waals surface area contributed by atoms with E-state index < -0.39 is 5.97 Å². The number of nitriles is 1. The lowest BCUT2D eigenvalue weighted by molar-refractivity contribution is -0.130. The van der Waals surface area contributed by atoms with E-state index in [1.54, 1.807) is 11.0 Å². The van der Waals surface area contributed by atoms with Gasteiger partial charge in [0.15, 0.2) is 0 Å². The van der Waals surface area contributed by atoms with Crippen molar-refractivity contribution in [1.29, 1.82) is 5.26 Å². The predicted molar refractivity (Wildman–Crippen MR) is 99.4 cm³/mol. The summed E-state index contributed by atoms with van der Waals surface area (Å²) in [6, 6.07) is 4.99. The number of piperidine rings is 1. The van der Waals surface area contributed by atoms with E-state index in [0.717, 1.165) is 38.8 Å². The second kappa shape index (κ2) is 7.92. The highest BCUT2D eigenvalue weighted by Gasteiger charge is 2.33. The molecule has 1 atom stereocenters. The molecule has 0 aromatic carbocycles. The van der Waals surface area contributed by atoms with Crippen molar-refractivity contribution in [2.75, 3.05) is 31.1 Å². The van der Waals surface area contributed by atoms with Gasteiger partial charge in [-0.3, -0.25) is 4.79 Å². The number of carboxylic acids is 1. The number of amides is 1. The minimum Gasteiger partial charge on any atom is -0.478 e. The van der Waals surface area contributed by atoms with Gasteiger partial charge in [-0.05, 0) is 44.7 Å². The van der Waals surface area contributed by atoms with Crippen molar-refractivity contribution < 1.29 is 14.7 Å². The van der Waals surface area contributed by atoms with Gasteiger partial charge in [0, 0.05) is 31.4 Å². The number of nitrogens with one attached hydrogen (secondary N) is 1. The Morgan fingerprint density at radius 2 is 2.15 bits per heavy atom. The Labute approximate surface area is 158 Å². The van der Waals surface area contributed by atoms with Crippen LogP contribution in [0.1, 0.15) is 43.0 Å². The molecule has 2 fully saturated rings. The number of pyridine rings is 1. The largest absolute Gasteiger partial charge is 0.478 e. The van der Waals surface area contributed by atoms with Crippen molar-refractivity contribution in [2.24, 2.45) is 0 Å². The van der Waals surface area contributed by atoms with Gasteiger partial charge in [-0.1, -0.05) is 0 Å². The Bertz CT molecular complexity index is 752. The molecular formula is C19H25N5O3. The van der Waals surface area contributed by atoms with Crippen LogP contribution in [0, 0.1) is 11.3 Å². The maximum absolute atomic E-state index is 12.4. The molecule has 1 aromatic rings. The number of anilines is 1. The Morgan fingerprint density at radius 3 is 2.81 bits per heavy atom. The van der Waals surface area contributed by atoms with Crippen LogP contribution >= 0.6 is 0 Å². The summed E-state index contributed by atoms with van der Waals surface area (Å²) in [5.41, 5.74) is 0.0630.